The van der Waals surface area contributed by atoms with E-state index in [1.807, 2.05) is 24.3 Å². The van der Waals surface area contributed by atoms with Crippen molar-refractivity contribution in [2.75, 3.05) is 71.5 Å². The summed E-state index contributed by atoms with van der Waals surface area (Å²) in [7, 11) is 1.56. The van der Waals surface area contributed by atoms with Gasteiger partial charge in [-0.15, -0.1) is 0 Å². The molecule has 4 N–H and O–H groups in total. The van der Waals surface area contributed by atoms with Crippen LogP contribution in [0, 0.1) is 5.82 Å². The first-order chi connectivity index (χ1) is 29.3. The highest BCUT2D eigenvalue weighted by Crippen LogP contribution is 2.28. The minimum atomic E-state index is -0.760. The Balaban J connectivity index is 0.913. The molecule has 0 radical (unpaired) electrons. The van der Waals surface area contributed by atoms with Gasteiger partial charge in [0.2, 0.25) is 5.91 Å². The number of hydrogen-bond acceptors (Lipinski definition) is 11. The number of hydrogen-bond donors (Lipinski definition) is 4. The molecule has 320 valence electrons. The van der Waals surface area contributed by atoms with Crippen molar-refractivity contribution in [3.63, 3.8) is 0 Å². The Morgan fingerprint density at radius 3 is 2.36 bits per heavy atom. The molecule has 4 amide bonds. The molecule has 0 saturated carbocycles. The summed E-state index contributed by atoms with van der Waals surface area (Å²) in [5, 5.41) is 16.3. The van der Waals surface area contributed by atoms with Gasteiger partial charge in [0.1, 0.15) is 17.2 Å². The highest BCUT2D eigenvalue weighted by atomic mass is 19.1. The molecule has 0 bridgehead atoms. The lowest BCUT2D eigenvalue weighted by molar-refractivity contribution is -0.131. The zero-order valence-electron chi connectivity index (χ0n) is 34.5. The number of H-pyrrole nitrogens is 1. The Morgan fingerprint density at radius 1 is 0.869 bits per heavy atom. The predicted molar refractivity (Wildman–Crippen MR) is 226 cm³/mol. The molecule has 2 aromatic heterocycles. The van der Waals surface area contributed by atoms with E-state index in [4.69, 9.17) is 14.2 Å². The summed E-state index contributed by atoms with van der Waals surface area (Å²) in [4.78, 5) is 71.9. The molecule has 1 aliphatic heterocycles. The third kappa shape index (κ3) is 11.7. The van der Waals surface area contributed by atoms with Crippen LogP contribution < -0.4 is 26.2 Å². The Labute approximate surface area is 351 Å². The van der Waals surface area contributed by atoms with Crippen molar-refractivity contribution >= 4 is 40.3 Å². The molecule has 61 heavy (non-hydrogen) atoms. The lowest BCUT2D eigenvalue weighted by atomic mass is 10.0. The monoisotopic (exact) mass is 836 g/mol. The topological polar surface area (TPSA) is 197 Å². The molecular formula is C44H49FN8O8. The number of aromatic nitrogens is 3. The van der Waals surface area contributed by atoms with E-state index in [-0.39, 0.29) is 74.2 Å². The fourth-order valence-corrected chi connectivity index (χ4v) is 6.66. The lowest BCUT2D eigenvalue weighted by Gasteiger charge is -2.35. The number of amides is 4. The summed E-state index contributed by atoms with van der Waals surface area (Å²) < 4.78 is 31.3. The normalized spacial score (nSPS) is 12.9. The quantitative estimate of drug-likeness (QED) is 0.109. The number of ether oxygens (including phenoxy) is 3. The van der Waals surface area contributed by atoms with Crippen LogP contribution in [0.15, 0.2) is 83.8 Å². The van der Waals surface area contributed by atoms with E-state index in [9.17, 15) is 28.4 Å². The van der Waals surface area contributed by atoms with Gasteiger partial charge >= 0.3 is 6.09 Å². The third-order valence-electron chi connectivity index (χ3n) is 9.70. The minimum Gasteiger partial charge on any atom is -0.497 e. The van der Waals surface area contributed by atoms with Crippen LogP contribution in [0.4, 0.5) is 14.9 Å². The first-order valence-electron chi connectivity index (χ1n) is 19.8. The number of nitrogens with zero attached hydrogens (tertiary/aromatic N) is 4. The number of benzene rings is 3. The summed E-state index contributed by atoms with van der Waals surface area (Å²) in [6, 6.07) is 20.4. The van der Waals surface area contributed by atoms with Crippen molar-refractivity contribution in [3.05, 3.63) is 118 Å². The summed E-state index contributed by atoms with van der Waals surface area (Å²) in [5.41, 5.74) is 1.72. The van der Waals surface area contributed by atoms with E-state index in [1.54, 1.807) is 69.2 Å². The van der Waals surface area contributed by atoms with Crippen LogP contribution in [0.1, 0.15) is 52.9 Å². The van der Waals surface area contributed by atoms with E-state index in [0.29, 0.717) is 53.0 Å². The number of piperazine rings is 1. The van der Waals surface area contributed by atoms with Crippen molar-refractivity contribution in [1.82, 2.24) is 35.6 Å². The second-order valence-electron chi connectivity index (χ2n) is 15.2. The van der Waals surface area contributed by atoms with Crippen LogP contribution in [-0.2, 0) is 20.7 Å². The average molecular weight is 837 g/mol. The Hall–Kier alpha value is -6.72. The summed E-state index contributed by atoms with van der Waals surface area (Å²) >= 11 is 0. The standard InChI is InChI=1S/C44H49FN8O8/c1-44(2,3)61-43(58)49-37-25-30(29-8-7-9-31(24-29)59-4)26-48-39(37)41(56)47-15-21-60-20-14-46-27-38(54)52-16-18-53(19-17-52)42(57)34-22-28(12-13-35(34)45)23-36-32-10-5-6-11-33(32)40(55)51-50-36/h5-13,22,24-26,46H,14-21,23,27H2,1-4H3,(H,47,56)(H,49,58)(H,51,55). The molecule has 6 rings (SSSR count). The fourth-order valence-electron chi connectivity index (χ4n) is 6.66. The van der Waals surface area contributed by atoms with Crippen LogP contribution in [0.2, 0.25) is 0 Å². The molecule has 0 atom stereocenters. The molecule has 16 nitrogen and oxygen atoms in total. The van der Waals surface area contributed by atoms with E-state index in [1.165, 1.54) is 23.2 Å². The molecule has 17 heteroatoms. The number of halogens is 1. The summed E-state index contributed by atoms with van der Waals surface area (Å²) in [6.07, 6.45) is 1.08. The lowest BCUT2D eigenvalue weighted by Crippen LogP contribution is -2.52. The number of aromatic amines is 1. The van der Waals surface area contributed by atoms with Gasteiger partial charge < -0.3 is 34.6 Å². The Morgan fingerprint density at radius 2 is 1.61 bits per heavy atom. The van der Waals surface area contributed by atoms with Crippen molar-refractivity contribution in [2.24, 2.45) is 0 Å². The summed E-state index contributed by atoms with van der Waals surface area (Å²) in [5.74, 6) is -1.14. The minimum absolute atomic E-state index is 0.00448. The molecule has 3 heterocycles. The van der Waals surface area contributed by atoms with Crippen LogP contribution in [0.3, 0.4) is 0 Å². The largest absolute Gasteiger partial charge is 0.497 e. The maximum Gasteiger partial charge on any atom is 0.412 e. The maximum absolute atomic E-state index is 14.9. The molecule has 0 unspecified atom stereocenters. The van der Waals surface area contributed by atoms with Gasteiger partial charge in [-0.05, 0) is 68.3 Å². The Bertz CT molecular complexity index is 2450. The second-order valence-corrected chi connectivity index (χ2v) is 15.2. The van der Waals surface area contributed by atoms with Gasteiger partial charge in [-0.25, -0.2) is 19.3 Å². The predicted octanol–water partition coefficient (Wildman–Crippen LogP) is 4.39. The number of carbonyl (C=O) groups excluding carboxylic acids is 4. The van der Waals surface area contributed by atoms with Crippen LogP contribution in [0.5, 0.6) is 5.75 Å². The van der Waals surface area contributed by atoms with E-state index >= 15 is 0 Å². The molecular weight excluding hydrogens is 788 g/mol. The van der Waals surface area contributed by atoms with Gasteiger partial charge in [0, 0.05) is 62.8 Å². The molecule has 0 spiro atoms. The van der Waals surface area contributed by atoms with Gasteiger partial charge in [-0.1, -0.05) is 36.4 Å². The number of methoxy groups -OCH3 is 1. The number of fused-ring (bicyclic) bond motifs is 1. The van der Waals surface area contributed by atoms with E-state index in [2.05, 4.69) is 31.1 Å². The zero-order valence-corrected chi connectivity index (χ0v) is 34.5. The molecule has 0 aliphatic carbocycles. The van der Waals surface area contributed by atoms with Gasteiger partial charge in [0.05, 0.1) is 49.2 Å². The average Bonchev–Trinajstić information content (AvgIpc) is 3.25. The number of pyridine rings is 1. The fraction of sp³-hybridized carbons (Fsp3) is 0.341. The van der Waals surface area contributed by atoms with Crippen molar-refractivity contribution in [3.8, 4) is 16.9 Å². The van der Waals surface area contributed by atoms with Crippen molar-refractivity contribution in [2.45, 2.75) is 32.8 Å². The smallest absolute Gasteiger partial charge is 0.412 e. The van der Waals surface area contributed by atoms with Gasteiger partial charge in [-0.3, -0.25) is 24.5 Å². The number of anilines is 1. The number of rotatable bonds is 15. The first-order valence-corrected chi connectivity index (χ1v) is 19.8. The van der Waals surface area contributed by atoms with Crippen molar-refractivity contribution in [1.29, 1.82) is 0 Å². The molecule has 1 fully saturated rings. The third-order valence-corrected chi connectivity index (χ3v) is 9.70. The van der Waals surface area contributed by atoms with Crippen molar-refractivity contribution < 1.29 is 37.8 Å². The Kier molecular flexibility index (Phi) is 14.4. The summed E-state index contributed by atoms with van der Waals surface area (Å²) in [6.45, 7) is 7.32. The molecule has 1 saturated heterocycles. The van der Waals surface area contributed by atoms with Crippen LogP contribution in [-0.4, -0.2) is 121 Å². The van der Waals surface area contributed by atoms with E-state index in [0.717, 1.165) is 5.56 Å². The maximum atomic E-state index is 14.9. The van der Waals surface area contributed by atoms with Crippen LogP contribution >= 0.6 is 0 Å². The van der Waals surface area contributed by atoms with Crippen LogP contribution in [0.25, 0.3) is 21.9 Å². The SMILES string of the molecule is COc1cccc(-c2cnc(C(=O)NCCOCCNCC(=O)N3CCN(C(=O)c4cc(Cc5n[nH]c(=O)c6ccccc56)ccc4F)CC3)c(NC(=O)OC(C)(C)C)c2)c1. The van der Waals surface area contributed by atoms with Gasteiger partial charge in [-0.2, -0.15) is 5.10 Å². The van der Waals surface area contributed by atoms with Gasteiger partial charge in [0.25, 0.3) is 17.4 Å². The molecule has 5 aromatic rings. The molecule has 3 aromatic carbocycles. The molecule has 1 aliphatic rings. The zero-order chi connectivity index (χ0) is 43.5. The number of nitrogens with one attached hydrogen (secondary N) is 4. The van der Waals surface area contributed by atoms with E-state index < -0.39 is 29.3 Å². The van der Waals surface area contributed by atoms with Gasteiger partial charge in [0.15, 0.2) is 5.69 Å². The first kappa shape index (κ1) is 43.8. The second kappa shape index (κ2) is 20.0. The highest BCUT2D eigenvalue weighted by Gasteiger charge is 2.27. The highest BCUT2D eigenvalue weighted by molar-refractivity contribution is 6.02. The number of carbonyl (C=O) groups is 4.